The summed E-state index contributed by atoms with van der Waals surface area (Å²) in [5.41, 5.74) is 4.53. The van der Waals surface area contributed by atoms with Crippen LogP contribution in [0.4, 0.5) is 4.79 Å². The lowest BCUT2D eigenvalue weighted by atomic mass is 9.98. The molecule has 1 saturated heterocycles. The van der Waals surface area contributed by atoms with E-state index in [1.807, 2.05) is 0 Å². The number of aliphatic hydroxyl groups excluding tert-OH is 3. The molecule has 0 aliphatic carbocycles. The van der Waals surface area contributed by atoms with E-state index in [1.165, 1.54) is 70.1 Å². The maximum Gasteiger partial charge on any atom is 0.325 e. The van der Waals surface area contributed by atoms with E-state index in [4.69, 9.17) is 15.2 Å². The third-order valence-corrected chi connectivity index (χ3v) is 7.60. The molecule has 0 spiro atoms. The number of ketones is 1. The van der Waals surface area contributed by atoms with Gasteiger partial charge in [-0.2, -0.15) is 0 Å². The second-order valence-electron chi connectivity index (χ2n) is 10.3. The summed E-state index contributed by atoms with van der Waals surface area (Å²) < 4.78 is 10.8. The Morgan fingerprint density at radius 3 is 2.08 bits per heavy atom. The van der Waals surface area contributed by atoms with E-state index >= 15 is 0 Å². The summed E-state index contributed by atoms with van der Waals surface area (Å²) in [6.07, 6.45) is 15.4. The van der Waals surface area contributed by atoms with Gasteiger partial charge in [-0.05, 0) is 25.2 Å². The zero-order chi connectivity index (χ0) is 27.8. The number of nitrogens with one attached hydrogen (secondary N) is 1. The molecule has 1 fully saturated rings. The summed E-state index contributed by atoms with van der Waals surface area (Å²) in [5.74, 6) is 0.518. The van der Waals surface area contributed by atoms with Crippen molar-refractivity contribution in [3.8, 4) is 0 Å². The number of Topliss-reactive ketones (excluding diaryl/α,β-unsaturated/α-hetero) is 1. The lowest BCUT2D eigenvalue weighted by Crippen LogP contribution is -2.66. The highest BCUT2D eigenvalue weighted by Gasteiger charge is 2.48. The van der Waals surface area contributed by atoms with E-state index in [1.54, 1.807) is 11.8 Å². The summed E-state index contributed by atoms with van der Waals surface area (Å²) in [6.45, 7) is 0.388. The average molecular weight is 560 g/mol. The topological polar surface area (TPSA) is 155 Å². The molecule has 220 valence electrons. The number of amides is 2. The Kier molecular flexibility index (Phi) is 15.8. The molecular formula is C27H49N3O7S. The van der Waals surface area contributed by atoms with Crippen LogP contribution in [0.1, 0.15) is 89.9 Å². The Bertz CT molecular complexity index is 729. The van der Waals surface area contributed by atoms with Crippen LogP contribution in [-0.2, 0) is 14.3 Å². The fourth-order valence-electron chi connectivity index (χ4n) is 4.80. The number of ether oxygens (including phenoxy) is 2. The lowest BCUT2D eigenvalue weighted by molar-refractivity contribution is -0.124. The molecule has 38 heavy (non-hydrogen) atoms. The van der Waals surface area contributed by atoms with Crippen molar-refractivity contribution in [3.63, 3.8) is 0 Å². The summed E-state index contributed by atoms with van der Waals surface area (Å²) >= 11 is 1.72. The summed E-state index contributed by atoms with van der Waals surface area (Å²) in [6, 6.07) is -0.713. The molecule has 0 aromatic heterocycles. The van der Waals surface area contributed by atoms with Crippen molar-refractivity contribution in [3.05, 3.63) is 12.3 Å². The summed E-state index contributed by atoms with van der Waals surface area (Å²) in [7, 11) is 0. The normalized spacial score (nSPS) is 27.2. The molecule has 11 heteroatoms. The van der Waals surface area contributed by atoms with Crippen LogP contribution in [-0.4, -0.2) is 87.6 Å². The highest BCUT2D eigenvalue weighted by Crippen LogP contribution is 2.26. The number of carbonyl (C=O) groups excluding carboxylic acids is 2. The van der Waals surface area contributed by atoms with Crippen LogP contribution in [0.5, 0.6) is 0 Å². The highest BCUT2D eigenvalue weighted by molar-refractivity contribution is 7.98. The van der Waals surface area contributed by atoms with Crippen molar-refractivity contribution in [2.24, 2.45) is 5.73 Å². The van der Waals surface area contributed by atoms with Gasteiger partial charge >= 0.3 is 6.03 Å². The zero-order valence-corrected chi connectivity index (χ0v) is 23.7. The van der Waals surface area contributed by atoms with Crippen LogP contribution in [0.15, 0.2) is 12.3 Å². The maximum absolute atomic E-state index is 12.7. The number of thioether (sulfide) groups is 1. The molecule has 2 aliphatic heterocycles. The monoisotopic (exact) mass is 559 g/mol. The lowest BCUT2D eigenvalue weighted by Gasteiger charge is -2.36. The van der Waals surface area contributed by atoms with Gasteiger partial charge in [0, 0.05) is 19.2 Å². The van der Waals surface area contributed by atoms with Gasteiger partial charge in [-0.25, -0.2) is 4.79 Å². The van der Waals surface area contributed by atoms with Crippen molar-refractivity contribution in [1.82, 2.24) is 10.2 Å². The van der Waals surface area contributed by atoms with E-state index in [-0.39, 0.29) is 12.2 Å². The Balaban J connectivity index is 1.50. The number of urea groups is 1. The SMILES string of the molecule is CSCOCCCCCCCCCCCCCCCC(=O)C1(N)C=CN([C@@H]2O[C@H](CO)[C@@H](O)[C@@H]2O)C(=O)N1. The van der Waals surface area contributed by atoms with Crippen LogP contribution in [0, 0.1) is 0 Å². The van der Waals surface area contributed by atoms with Crippen LogP contribution in [0.25, 0.3) is 0 Å². The molecule has 2 aliphatic rings. The Morgan fingerprint density at radius 2 is 1.58 bits per heavy atom. The van der Waals surface area contributed by atoms with E-state index in [0.29, 0.717) is 6.42 Å². The predicted octanol–water partition coefficient (Wildman–Crippen LogP) is 2.99. The third-order valence-electron chi connectivity index (χ3n) is 7.19. The quantitative estimate of drug-likeness (QED) is 0.105. The Morgan fingerprint density at radius 1 is 1.03 bits per heavy atom. The molecule has 0 radical (unpaired) electrons. The van der Waals surface area contributed by atoms with Gasteiger partial charge in [0.05, 0.1) is 12.5 Å². The number of carbonyl (C=O) groups is 2. The molecule has 2 rings (SSSR count). The van der Waals surface area contributed by atoms with E-state index < -0.39 is 42.8 Å². The minimum absolute atomic E-state index is 0.263. The first-order valence-electron chi connectivity index (χ1n) is 14.1. The largest absolute Gasteiger partial charge is 0.394 e. The number of aliphatic hydroxyl groups is 3. The van der Waals surface area contributed by atoms with Gasteiger partial charge in [-0.3, -0.25) is 15.4 Å². The Hall–Kier alpha value is -1.21. The van der Waals surface area contributed by atoms with Crippen molar-refractivity contribution in [2.75, 3.05) is 25.4 Å². The second-order valence-corrected chi connectivity index (χ2v) is 11.1. The summed E-state index contributed by atoms with van der Waals surface area (Å²) in [4.78, 5) is 26.3. The van der Waals surface area contributed by atoms with Gasteiger partial charge in [0.15, 0.2) is 17.7 Å². The molecule has 5 atom stereocenters. The number of hydrogen-bond acceptors (Lipinski definition) is 9. The Labute approximate surface area is 231 Å². The number of unbranched alkanes of at least 4 members (excludes halogenated alkanes) is 12. The van der Waals surface area contributed by atoms with Gasteiger partial charge in [-0.15, -0.1) is 11.8 Å². The van der Waals surface area contributed by atoms with Gasteiger partial charge in [0.1, 0.15) is 18.3 Å². The molecule has 0 saturated carbocycles. The zero-order valence-electron chi connectivity index (χ0n) is 22.9. The second kappa shape index (κ2) is 18.2. The first-order chi connectivity index (χ1) is 18.3. The van der Waals surface area contributed by atoms with Crippen molar-refractivity contribution >= 4 is 23.6 Å². The van der Waals surface area contributed by atoms with Gasteiger partial charge < -0.3 is 30.1 Å². The van der Waals surface area contributed by atoms with Crippen LogP contribution in [0.2, 0.25) is 0 Å². The maximum atomic E-state index is 12.7. The standard InChI is InChI=1S/C27H49N3O7S/c1-38-20-36-18-14-12-10-8-6-4-2-3-5-7-9-11-13-15-22(32)27(28)16-17-30(26(35)29-27)25-24(34)23(33)21(19-31)37-25/h16-17,21,23-25,31,33-34H,2-15,18-20,28H2,1H3,(H,29,35)/t21-,23-,24+,25-,27?/m1/s1. The molecule has 2 heterocycles. The van der Waals surface area contributed by atoms with Gasteiger partial charge in [0.25, 0.3) is 0 Å². The van der Waals surface area contributed by atoms with Crippen molar-refractivity contribution in [2.45, 2.75) is 120 Å². The van der Waals surface area contributed by atoms with Crippen molar-refractivity contribution < 1.29 is 34.4 Å². The van der Waals surface area contributed by atoms with Gasteiger partial charge in [-0.1, -0.05) is 70.6 Å². The van der Waals surface area contributed by atoms with Crippen LogP contribution < -0.4 is 11.1 Å². The predicted molar refractivity (Wildman–Crippen MR) is 148 cm³/mol. The molecular weight excluding hydrogens is 510 g/mol. The first-order valence-corrected chi connectivity index (χ1v) is 15.5. The first kappa shape index (κ1) is 33.0. The fraction of sp³-hybridized carbons (Fsp3) is 0.852. The van der Waals surface area contributed by atoms with Gasteiger partial charge in [0.2, 0.25) is 0 Å². The number of nitrogens with two attached hydrogens (primary N) is 1. The highest BCUT2D eigenvalue weighted by atomic mass is 32.2. The summed E-state index contributed by atoms with van der Waals surface area (Å²) in [5, 5.41) is 31.8. The molecule has 0 bridgehead atoms. The molecule has 0 aromatic rings. The fourth-order valence-corrected chi connectivity index (χ4v) is 5.09. The molecule has 6 N–H and O–H groups in total. The minimum atomic E-state index is -1.62. The van der Waals surface area contributed by atoms with E-state index in [2.05, 4.69) is 11.6 Å². The smallest absolute Gasteiger partial charge is 0.325 e. The molecule has 1 unspecified atom stereocenters. The van der Waals surface area contributed by atoms with Crippen LogP contribution in [0.3, 0.4) is 0 Å². The average Bonchev–Trinajstić information content (AvgIpc) is 3.19. The van der Waals surface area contributed by atoms with E-state index in [9.17, 15) is 24.9 Å². The van der Waals surface area contributed by atoms with Crippen LogP contribution >= 0.6 is 11.8 Å². The molecule has 0 aromatic carbocycles. The third kappa shape index (κ3) is 10.7. The number of rotatable bonds is 21. The molecule has 2 amide bonds. The number of nitrogens with zero attached hydrogens (tertiary/aromatic N) is 1. The molecule has 10 nitrogen and oxygen atoms in total. The number of hydrogen-bond donors (Lipinski definition) is 5. The van der Waals surface area contributed by atoms with Crippen molar-refractivity contribution in [1.29, 1.82) is 0 Å². The minimum Gasteiger partial charge on any atom is -0.394 e. The van der Waals surface area contributed by atoms with E-state index in [0.717, 1.165) is 36.7 Å².